The van der Waals surface area contributed by atoms with E-state index in [4.69, 9.17) is 4.74 Å². The van der Waals surface area contributed by atoms with Crippen LogP contribution in [0.3, 0.4) is 0 Å². The van der Waals surface area contributed by atoms with Gasteiger partial charge in [-0.3, -0.25) is 9.69 Å². The molecule has 0 unspecified atom stereocenters. The van der Waals surface area contributed by atoms with Gasteiger partial charge in [0, 0.05) is 19.6 Å². The predicted molar refractivity (Wildman–Crippen MR) is 75.3 cm³/mol. The Kier molecular flexibility index (Phi) is 5.64. The summed E-state index contributed by atoms with van der Waals surface area (Å²) in [6.45, 7) is 3.30. The lowest BCUT2D eigenvalue weighted by Gasteiger charge is -2.35. The molecule has 1 fully saturated rings. The fourth-order valence-corrected chi connectivity index (χ4v) is 2.54. The largest absolute Gasteiger partial charge is 0.374 e. The van der Waals surface area contributed by atoms with Crippen molar-refractivity contribution in [3.8, 4) is 0 Å². The standard InChI is InChI=1S/C15H20F2N2O2/c1-11-4-2-3-5-12(11)14-15(20)18-6-7-19(14)8-9-21-10-13(16)17/h2-5,13-14H,6-10H2,1H3,(H,18,20)/t14-/m0/s1. The molecule has 0 saturated carbocycles. The summed E-state index contributed by atoms with van der Waals surface area (Å²) in [5, 5.41) is 2.86. The van der Waals surface area contributed by atoms with Crippen LogP contribution in [0.15, 0.2) is 24.3 Å². The highest BCUT2D eigenvalue weighted by Gasteiger charge is 2.31. The van der Waals surface area contributed by atoms with Crippen LogP contribution in [0.1, 0.15) is 17.2 Å². The zero-order valence-electron chi connectivity index (χ0n) is 12.0. The third-order valence-electron chi connectivity index (χ3n) is 3.56. The maximum absolute atomic E-state index is 12.2. The van der Waals surface area contributed by atoms with Crippen LogP contribution in [-0.2, 0) is 9.53 Å². The van der Waals surface area contributed by atoms with E-state index in [0.717, 1.165) is 11.1 Å². The summed E-state index contributed by atoms with van der Waals surface area (Å²) in [5.41, 5.74) is 1.99. The number of hydrogen-bond acceptors (Lipinski definition) is 3. The summed E-state index contributed by atoms with van der Waals surface area (Å²) in [5.74, 6) is -0.0515. The fourth-order valence-electron chi connectivity index (χ4n) is 2.54. The lowest BCUT2D eigenvalue weighted by molar-refractivity contribution is -0.129. The van der Waals surface area contributed by atoms with Gasteiger partial charge in [0.05, 0.1) is 6.61 Å². The minimum Gasteiger partial charge on any atom is -0.374 e. The van der Waals surface area contributed by atoms with Crippen molar-refractivity contribution in [3.63, 3.8) is 0 Å². The van der Waals surface area contributed by atoms with Gasteiger partial charge in [-0.2, -0.15) is 0 Å². The van der Waals surface area contributed by atoms with Gasteiger partial charge in [-0.15, -0.1) is 0 Å². The van der Waals surface area contributed by atoms with Crippen molar-refractivity contribution >= 4 is 5.91 Å². The monoisotopic (exact) mass is 298 g/mol. The topological polar surface area (TPSA) is 41.6 Å². The zero-order valence-corrected chi connectivity index (χ0v) is 12.0. The number of carbonyl (C=O) groups is 1. The molecule has 1 aromatic carbocycles. The number of rotatable bonds is 6. The number of piperazine rings is 1. The van der Waals surface area contributed by atoms with Crippen LogP contribution < -0.4 is 5.32 Å². The van der Waals surface area contributed by atoms with Gasteiger partial charge in [-0.25, -0.2) is 8.78 Å². The zero-order chi connectivity index (χ0) is 15.2. The molecule has 0 spiro atoms. The normalized spacial score (nSPS) is 19.8. The van der Waals surface area contributed by atoms with Gasteiger partial charge in [-0.05, 0) is 18.1 Å². The van der Waals surface area contributed by atoms with Gasteiger partial charge >= 0.3 is 0 Å². The molecule has 6 heteroatoms. The summed E-state index contributed by atoms with van der Waals surface area (Å²) in [7, 11) is 0. The second-order valence-electron chi connectivity index (χ2n) is 5.05. The van der Waals surface area contributed by atoms with E-state index in [1.807, 2.05) is 36.1 Å². The maximum atomic E-state index is 12.2. The average Bonchev–Trinajstić information content (AvgIpc) is 2.45. The van der Waals surface area contributed by atoms with Crippen molar-refractivity contribution < 1.29 is 18.3 Å². The molecule has 0 bridgehead atoms. The Hall–Kier alpha value is -1.53. The Morgan fingerprint density at radius 1 is 1.43 bits per heavy atom. The number of nitrogens with zero attached hydrogens (tertiary/aromatic N) is 1. The molecule has 1 N–H and O–H groups in total. The van der Waals surface area contributed by atoms with E-state index in [-0.39, 0.29) is 18.6 Å². The van der Waals surface area contributed by atoms with Gasteiger partial charge < -0.3 is 10.1 Å². The minimum absolute atomic E-state index is 0.0515. The molecule has 0 radical (unpaired) electrons. The molecular formula is C15H20F2N2O2. The molecule has 2 rings (SSSR count). The van der Waals surface area contributed by atoms with E-state index in [1.165, 1.54) is 0 Å². The second kappa shape index (κ2) is 7.47. The first-order valence-electron chi connectivity index (χ1n) is 7.03. The first kappa shape index (κ1) is 15.9. The molecule has 4 nitrogen and oxygen atoms in total. The van der Waals surface area contributed by atoms with E-state index in [0.29, 0.717) is 19.6 Å². The van der Waals surface area contributed by atoms with E-state index in [1.54, 1.807) is 0 Å². The fraction of sp³-hybridized carbons (Fsp3) is 0.533. The average molecular weight is 298 g/mol. The van der Waals surface area contributed by atoms with Crippen molar-refractivity contribution in [1.82, 2.24) is 10.2 Å². The minimum atomic E-state index is -2.46. The van der Waals surface area contributed by atoms with Crippen molar-refractivity contribution in [2.75, 3.05) is 32.8 Å². The van der Waals surface area contributed by atoms with Crippen LogP contribution in [0.2, 0.25) is 0 Å². The van der Waals surface area contributed by atoms with Crippen molar-refractivity contribution in [2.45, 2.75) is 19.4 Å². The number of alkyl halides is 2. The van der Waals surface area contributed by atoms with Gasteiger partial charge in [0.25, 0.3) is 6.43 Å². The molecule has 0 aromatic heterocycles. The van der Waals surface area contributed by atoms with E-state index < -0.39 is 13.0 Å². The number of amides is 1. The summed E-state index contributed by atoms with van der Waals surface area (Å²) in [6, 6.07) is 7.33. The number of benzene rings is 1. The number of nitrogens with one attached hydrogen (secondary N) is 1. The molecule has 1 atom stereocenters. The lowest BCUT2D eigenvalue weighted by Crippen LogP contribution is -2.51. The molecule has 0 aliphatic carbocycles. The molecule has 1 aliphatic rings. The highest BCUT2D eigenvalue weighted by molar-refractivity contribution is 5.84. The molecular weight excluding hydrogens is 278 g/mol. The van der Waals surface area contributed by atoms with Crippen LogP contribution in [0.5, 0.6) is 0 Å². The Morgan fingerprint density at radius 3 is 2.90 bits per heavy atom. The molecule has 1 amide bonds. The summed E-state index contributed by atoms with van der Waals surface area (Å²) < 4.78 is 29.0. The number of ether oxygens (including phenoxy) is 1. The predicted octanol–water partition coefficient (Wildman–Crippen LogP) is 1.75. The Morgan fingerprint density at radius 2 is 2.19 bits per heavy atom. The molecule has 1 saturated heterocycles. The van der Waals surface area contributed by atoms with E-state index >= 15 is 0 Å². The summed E-state index contributed by atoms with van der Waals surface area (Å²) in [6.07, 6.45) is -2.46. The number of aryl methyl sites for hydroxylation is 1. The molecule has 21 heavy (non-hydrogen) atoms. The van der Waals surface area contributed by atoms with Crippen molar-refractivity contribution in [3.05, 3.63) is 35.4 Å². The van der Waals surface area contributed by atoms with E-state index in [2.05, 4.69) is 5.32 Å². The van der Waals surface area contributed by atoms with Crippen LogP contribution in [0.25, 0.3) is 0 Å². The van der Waals surface area contributed by atoms with Crippen LogP contribution in [0.4, 0.5) is 8.78 Å². The number of carbonyl (C=O) groups excluding carboxylic acids is 1. The van der Waals surface area contributed by atoms with Crippen LogP contribution in [-0.4, -0.2) is 50.1 Å². The first-order chi connectivity index (χ1) is 10.1. The molecule has 1 heterocycles. The SMILES string of the molecule is Cc1ccccc1[C@H]1C(=O)NCCN1CCOCC(F)F. The second-order valence-corrected chi connectivity index (χ2v) is 5.05. The summed E-state index contributed by atoms with van der Waals surface area (Å²) >= 11 is 0. The van der Waals surface area contributed by atoms with Crippen LogP contribution >= 0.6 is 0 Å². The Bertz CT molecular complexity index is 482. The number of hydrogen-bond donors (Lipinski definition) is 1. The van der Waals surface area contributed by atoms with Crippen LogP contribution in [0, 0.1) is 6.92 Å². The third-order valence-corrected chi connectivity index (χ3v) is 3.56. The van der Waals surface area contributed by atoms with Gasteiger partial charge in [0.1, 0.15) is 12.6 Å². The van der Waals surface area contributed by atoms with E-state index in [9.17, 15) is 13.6 Å². The molecule has 1 aliphatic heterocycles. The Balaban J connectivity index is 2.04. The first-order valence-corrected chi connectivity index (χ1v) is 7.03. The smallest absolute Gasteiger partial charge is 0.261 e. The number of halogens is 2. The maximum Gasteiger partial charge on any atom is 0.261 e. The molecule has 1 aromatic rings. The van der Waals surface area contributed by atoms with Crippen molar-refractivity contribution in [1.29, 1.82) is 0 Å². The highest BCUT2D eigenvalue weighted by Crippen LogP contribution is 2.25. The van der Waals surface area contributed by atoms with Crippen molar-refractivity contribution in [2.24, 2.45) is 0 Å². The lowest BCUT2D eigenvalue weighted by atomic mass is 9.98. The Labute approximate surface area is 123 Å². The van der Waals surface area contributed by atoms with Gasteiger partial charge in [0.15, 0.2) is 0 Å². The highest BCUT2D eigenvalue weighted by atomic mass is 19.3. The van der Waals surface area contributed by atoms with Gasteiger partial charge in [-0.1, -0.05) is 24.3 Å². The molecule has 116 valence electrons. The third kappa shape index (κ3) is 4.22. The van der Waals surface area contributed by atoms with Gasteiger partial charge in [0.2, 0.25) is 5.91 Å². The quantitative estimate of drug-likeness (QED) is 0.814. The summed E-state index contributed by atoms with van der Waals surface area (Å²) in [4.78, 5) is 14.2.